The molecule has 19 heavy (non-hydrogen) atoms. The summed E-state index contributed by atoms with van der Waals surface area (Å²) in [4.78, 5) is 12.1. The highest BCUT2D eigenvalue weighted by Gasteiger charge is 2.20. The number of carbonyl (C=O) groups excluding carboxylic acids is 1. The topological polar surface area (TPSA) is 50.4 Å². The van der Waals surface area contributed by atoms with Gasteiger partial charge in [-0.3, -0.25) is 4.79 Å². The number of anilines is 1. The summed E-state index contributed by atoms with van der Waals surface area (Å²) in [5.41, 5.74) is 1.91. The predicted molar refractivity (Wildman–Crippen MR) is 78.6 cm³/mol. The van der Waals surface area contributed by atoms with E-state index < -0.39 is 0 Å². The minimum Gasteiger partial charge on any atom is -0.380 e. The number of carbonyl (C=O) groups is 1. The standard InChI is InChI=1S/C14H20N2O2.ClH/c1-18-10-11-4-2-6-13(8-11)16-14(17)12-5-3-7-15-9-12;/h2,4,6,8,12,15H,3,5,7,9-10H2,1H3,(H,16,17);1H. The molecule has 0 bridgehead atoms. The lowest BCUT2D eigenvalue weighted by Gasteiger charge is -2.22. The van der Waals surface area contributed by atoms with Crippen LogP contribution in [0.4, 0.5) is 5.69 Å². The van der Waals surface area contributed by atoms with Gasteiger partial charge in [-0.05, 0) is 37.1 Å². The van der Waals surface area contributed by atoms with E-state index >= 15 is 0 Å². The third-order valence-corrected chi connectivity index (χ3v) is 3.17. The molecular weight excluding hydrogens is 264 g/mol. The number of ether oxygens (including phenoxy) is 1. The Kier molecular flexibility index (Phi) is 6.84. The third-order valence-electron chi connectivity index (χ3n) is 3.17. The third kappa shape index (κ3) is 4.82. The van der Waals surface area contributed by atoms with Gasteiger partial charge in [0.25, 0.3) is 0 Å². The maximum absolute atomic E-state index is 12.1. The van der Waals surface area contributed by atoms with Gasteiger partial charge in [0.05, 0.1) is 12.5 Å². The van der Waals surface area contributed by atoms with Gasteiger partial charge in [-0.2, -0.15) is 0 Å². The minimum absolute atomic E-state index is 0. The summed E-state index contributed by atoms with van der Waals surface area (Å²) in [6.45, 7) is 2.37. The van der Waals surface area contributed by atoms with Gasteiger partial charge in [0.1, 0.15) is 0 Å². The number of amides is 1. The Bertz CT molecular complexity index is 406. The zero-order chi connectivity index (χ0) is 12.8. The highest BCUT2D eigenvalue weighted by Crippen LogP contribution is 2.15. The summed E-state index contributed by atoms with van der Waals surface area (Å²) < 4.78 is 5.08. The molecule has 1 aliphatic heterocycles. The van der Waals surface area contributed by atoms with Crippen molar-refractivity contribution in [3.8, 4) is 0 Å². The van der Waals surface area contributed by atoms with E-state index in [9.17, 15) is 4.79 Å². The Morgan fingerprint density at radius 3 is 3.05 bits per heavy atom. The van der Waals surface area contributed by atoms with Crippen molar-refractivity contribution in [1.82, 2.24) is 5.32 Å². The molecule has 1 aliphatic rings. The number of piperidine rings is 1. The fourth-order valence-electron chi connectivity index (χ4n) is 2.23. The summed E-state index contributed by atoms with van der Waals surface area (Å²) in [6.07, 6.45) is 2.04. The zero-order valence-electron chi connectivity index (χ0n) is 11.1. The lowest BCUT2D eigenvalue weighted by Crippen LogP contribution is -2.37. The molecule has 1 saturated heterocycles. The normalized spacial score (nSPS) is 18.5. The van der Waals surface area contributed by atoms with Crippen LogP contribution in [0.3, 0.4) is 0 Å². The number of halogens is 1. The average Bonchev–Trinajstić information content (AvgIpc) is 2.40. The van der Waals surface area contributed by atoms with Crippen LogP contribution in [0.25, 0.3) is 0 Å². The molecule has 1 unspecified atom stereocenters. The Morgan fingerprint density at radius 1 is 1.53 bits per heavy atom. The van der Waals surface area contributed by atoms with E-state index in [1.165, 1.54) is 0 Å². The Labute approximate surface area is 120 Å². The van der Waals surface area contributed by atoms with Crippen LogP contribution in [0, 0.1) is 5.92 Å². The molecule has 1 aromatic carbocycles. The van der Waals surface area contributed by atoms with Crippen LogP contribution in [-0.4, -0.2) is 26.1 Å². The predicted octanol–water partition coefficient (Wildman–Crippen LogP) is 2.19. The number of nitrogens with one attached hydrogen (secondary N) is 2. The van der Waals surface area contributed by atoms with Crippen LogP contribution in [0.2, 0.25) is 0 Å². The number of benzene rings is 1. The van der Waals surface area contributed by atoms with Gasteiger partial charge in [-0.15, -0.1) is 12.4 Å². The maximum atomic E-state index is 12.1. The quantitative estimate of drug-likeness (QED) is 0.891. The van der Waals surface area contributed by atoms with Crippen molar-refractivity contribution in [1.29, 1.82) is 0 Å². The second kappa shape index (κ2) is 8.15. The van der Waals surface area contributed by atoms with Gasteiger partial charge in [-0.1, -0.05) is 12.1 Å². The number of rotatable bonds is 4. The number of hydrogen-bond acceptors (Lipinski definition) is 3. The van der Waals surface area contributed by atoms with Crippen LogP contribution in [0.15, 0.2) is 24.3 Å². The van der Waals surface area contributed by atoms with Crippen LogP contribution in [-0.2, 0) is 16.1 Å². The van der Waals surface area contributed by atoms with E-state index in [0.29, 0.717) is 6.61 Å². The van der Waals surface area contributed by atoms with Gasteiger partial charge in [0, 0.05) is 19.3 Å². The van der Waals surface area contributed by atoms with Crippen molar-refractivity contribution in [2.24, 2.45) is 5.92 Å². The molecule has 0 aromatic heterocycles. The van der Waals surface area contributed by atoms with E-state index in [-0.39, 0.29) is 24.2 Å². The zero-order valence-corrected chi connectivity index (χ0v) is 12.0. The molecule has 2 N–H and O–H groups in total. The molecule has 0 spiro atoms. The second-order valence-corrected chi connectivity index (χ2v) is 4.67. The molecule has 0 aliphatic carbocycles. The van der Waals surface area contributed by atoms with Crippen LogP contribution in [0.1, 0.15) is 18.4 Å². The highest BCUT2D eigenvalue weighted by atomic mass is 35.5. The summed E-state index contributed by atoms with van der Waals surface area (Å²) in [5.74, 6) is 0.196. The Hall–Kier alpha value is -1.10. The molecule has 1 aromatic rings. The largest absolute Gasteiger partial charge is 0.380 e. The van der Waals surface area contributed by atoms with Gasteiger partial charge in [-0.25, -0.2) is 0 Å². The number of methoxy groups -OCH3 is 1. The monoisotopic (exact) mass is 284 g/mol. The summed E-state index contributed by atoms with van der Waals surface area (Å²) in [5, 5.41) is 6.23. The Morgan fingerprint density at radius 2 is 2.37 bits per heavy atom. The van der Waals surface area contributed by atoms with Gasteiger partial charge >= 0.3 is 0 Å². The fourth-order valence-corrected chi connectivity index (χ4v) is 2.23. The molecule has 0 radical (unpaired) electrons. The van der Waals surface area contributed by atoms with Gasteiger partial charge in [0.15, 0.2) is 0 Å². The number of hydrogen-bond donors (Lipinski definition) is 2. The summed E-state index contributed by atoms with van der Waals surface area (Å²) >= 11 is 0. The highest BCUT2D eigenvalue weighted by molar-refractivity contribution is 5.92. The van der Waals surface area contributed by atoms with Crippen molar-refractivity contribution >= 4 is 24.0 Å². The van der Waals surface area contributed by atoms with Crippen molar-refractivity contribution in [3.63, 3.8) is 0 Å². The van der Waals surface area contributed by atoms with Gasteiger partial charge < -0.3 is 15.4 Å². The van der Waals surface area contributed by atoms with E-state index in [1.54, 1.807) is 7.11 Å². The van der Waals surface area contributed by atoms with Crippen molar-refractivity contribution < 1.29 is 9.53 Å². The second-order valence-electron chi connectivity index (χ2n) is 4.67. The smallest absolute Gasteiger partial charge is 0.228 e. The molecule has 1 heterocycles. The van der Waals surface area contributed by atoms with Crippen molar-refractivity contribution in [2.45, 2.75) is 19.4 Å². The molecule has 5 heteroatoms. The van der Waals surface area contributed by atoms with E-state index in [4.69, 9.17) is 4.74 Å². The molecule has 106 valence electrons. The summed E-state index contributed by atoms with van der Waals surface area (Å²) in [6, 6.07) is 7.79. The first-order chi connectivity index (χ1) is 8.79. The minimum atomic E-state index is 0. The molecule has 2 rings (SSSR count). The van der Waals surface area contributed by atoms with E-state index in [1.807, 2.05) is 24.3 Å². The maximum Gasteiger partial charge on any atom is 0.228 e. The van der Waals surface area contributed by atoms with Crippen LogP contribution >= 0.6 is 12.4 Å². The first-order valence-electron chi connectivity index (χ1n) is 6.39. The lowest BCUT2D eigenvalue weighted by molar-refractivity contribution is -0.120. The first kappa shape index (κ1) is 16.0. The fraction of sp³-hybridized carbons (Fsp3) is 0.500. The summed E-state index contributed by atoms with van der Waals surface area (Å²) in [7, 11) is 1.67. The van der Waals surface area contributed by atoms with Crippen LogP contribution in [0.5, 0.6) is 0 Å². The molecule has 0 saturated carbocycles. The lowest BCUT2D eigenvalue weighted by atomic mass is 9.99. The van der Waals surface area contributed by atoms with E-state index in [2.05, 4.69) is 10.6 Å². The molecular formula is C14H21ClN2O2. The van der Waals surface area contributed by atoms with Crippen molar-refractivity contribution in [3.05, 3.63) is 29.8 Å². The average molecular weight is 285 g/mol. The first-order valence-corrected chi connectivity index (χ1v) is 6.39. The van der Waals surface area contributed by atoms with Crippen molar-refractivity contribution in [2.75, 3.05) is 25.5 Å². The molecule has 1 fully saturated rings. The van der Waals surface area contributed by atoms with Gasteiger partial charge in [0.2, 0.25) is 5.91 Å². The molecule has 1 amide bonds. The van der Waals surface area contributed by atoms with E-state index in [0.717, 1.165) is 37.2 Å². The SMILES string of the molecule is COCc1cccc(NC(=O)C2CCCNC2)c1.Cl. The molecule has 4 nitrogen and oxygen atoms in total. The van der Waals surface area contributed by atoms with Crippen LogP contribution < -0.4 is 10.6 Å². The Balaban J connectivity index is 0.00000180. The molecule has 1 atom stereocenters.